The maximum Gasteiger partial charge on any atom is 0.244 e. The first kappa shape index (κ1) is 16.7. The van der Waals surface area contributed by atoms with E-state index < -0.39 is 10.0 Å². The Hall–Kier alpha value is -1.39. The van der Waals surface area contributed by atoms with Crippen LogP contribution in [0.1, 0.15) is 12.5 Å². The van der Waals surface area contributed by atoms with E-state index in [9.17, 15) is 8.42 Å². The van der Waals surface area contributed by atoms with Crippen LogP contribution in [0.2, 0.25) is 0 Å². The number of hydrogen-bond acceptors (Lipinski definition) is 4. The molecule has 20 heavy (non-hydrogen) atoms. The number of rotatable bonds is 6. The predicted molar refractivity (Wildman–Crippen MR) is 76.7 cm³/mol. The molecule has 1 rings (SSSR count). The van der Waals surface area contributed by atoms with Crippen molar-refractivity contribution in [3.8, 4) is 11.8 Å². The molecule has 0 heterocycles. The molecule has 5 nitrogen and oxygen atoms in total. The summed E-state index contributed by atoms with van der Waals surface area (Å²) in [5.41, 5.74) is 0.386. The Morgan fingerprint density at radius 2 is 2.05 bits per heavy atom. The molecule has 0 spiro atoms. The Bertz CT molecular complexity index is 587. The van der Waals surface area contributed by atoms with E-state index in [1.807, 2.05) is 0 Å². The molecule has 0 bridgehead atoms. The third kappa shape index (κ3) is 4.05. The molecular weight excluding hydrogens is 278 g/mol. The first-order valence-corrected chi connectivity index (χ1v) is 7.69. The molecule has 0 aromatic heterocycles. The summed E-state index contributed by atoms with van der Waals surface area (Å²) in [6.45, 7) is 2.44. The molecular formula is C14H19NO4S. The summed E-state index contributed by atoms with van der Waals surface area (Å²) >= 11 is 0. The van der Waals surface area contributed by atoms with Gasteiger partial charge in [-0.1, -0.05) is 30.9 Å². The maximum atomic E-state index is 12.6. The van der Waals surface area contributed by atoms with Gasteiger partial charge in [0.2, 0.25) is 10.0 Å². The van der Waals surface area contributed by atoms with Gasteiger partial charge in [-0.2, -0.15) is 4.31 Å². The highest BCUT2D eigenvalue weighted by molar-refractivity contribution is 7.89. The van der Waals surface area contributed by atoms with E-state index in [0.717, 1.165) is 0 Å². The van der Waals surface area contributed by atoms with Gasteiger partial charge in [0.05, 0.1) is 11.5 Å². The third-order valence-corrected chi connectivity index (χ3v) is 4.74. The number of nitrogens with zero attached hydrogens (tertiary/aromatic N) is 1. The lowest BCUT2D eigenvalue weighted by atomic mass is 10.2. The summed E-state index contributed by atoms with van der Waals surface area (Å²) in [6, 6.07) is 6.51. The molecule has 0 unspecified atom stereocenters. The van der Waals surface area contributed by atoms with Crippen LogP contribution in [0.3, 0.4) is 0 Å². The van der Waals surface area contributed by atoms with Crippen LogP contribution in [0.4, 0.5) is 0 Å². The number of methoxy groups -OCH3 is 1. The van der Waals surface area contributed by atoms with Gasteiger partial charge in [-0.15, -0.1) is 0 Å². The highest BCUT2D eigenvalue weighted by atomic mass is 32.2. The van der Waals surface area contributed by atoms with Gasteiger partial charge in [0.15, 0.2) is 0 Å². The van der Waals surface area contributed by atoms with Gasteiger partial charge in [-0.25, -0.2) is 8.42 Å². The van der Waals surface area contributed by atoms with Crippen molar-refractivity contribution in [1.82, 2.24) is 4.31 Å². The van der Waals surface area contributed by atoms with Gasteiger partial charge in [0, 0.05) is 25.8 Å². The number of hydrogen-bond donors (Lipinski definition) is 1. The predicted octanol–water partition coefficient (Wildman–Crippen LogP) is 0.687. The standard InChI is InChI=1S/C14H19NO4S/c1-3-15(10-12-19-2)20(17,18)14-9-5-4-7-13(14)8-6-11-16/h4-5,7,9,16H,3,10-12H2,1-2H3. The Kier molecular flexibility index (Phi) is 6.68. The lowest BCUT2D eigenvalue weighted by molar-refractivity contribution is 0.180. The van der Waals surface area contributed by atoms with Gasteiger partial charge in [0.1, 0.15) is 6.61 Å². The molecule has 0 saturated heterocycles. The second-order valence-corrected chi connectivity index (χ2v) is 5.85. The summed E-state index contributed by atoms with van der Waals surface area (Å²) in [4.78, 5) is 0.152. The highest BCUT2D eigenvalue weighted by Gasteiger charge is 2.24. The second-order valence-electron chi connectivity index (χ2n) is 3.95. The molecule has 1 N–H and O–H groups in total. The second kappa shape index (κ2) is 8.02. The fourth-order valence-electron chi connectivity index (χ4n) is 1.71. The average molecular weight is 297 g/mol. The monoisotopic (exact) mass is 297 g/mol. The number of benzene rings is 1. The Labute approximate surface area is 120 Å². The number of sulfonamides is 1. The molecule has 110 valence electrons. The highest BCUT2D eigenvalue weighted by Crippen LogP contribution is 2.19. The van der Waals surface area contributed by atoms with Crippen molar-refractivity contribution in [3.05, 3.63) is 29.8 Å². The van der Waals surface area contributed by atoms with E-state index in [4.69, 9.17) is 9.84 Å². The fourth-order valence-corrected chi connectivity index (χ4v) is 3.29. The molecule has 0 aliphatic rings. The van der Waals surface area contributed by atoms with Crippen LogP contribution in [0.25, 0.3) is 0 Å². The zero-order valence-corrected chi connectivity index (χ0v) is 12.5. The normalized spacial score (nSPS) is 11.2. The average Bonchev–Trinajstić information content (AvgIpc) is 2.46. The maximum absolute atomic E-state index is 12.6. The molecule has 0 saturated carbocycles. The van der Waals surface area contributed by atoms with E-state index >= 15 is 0 Å². The van der Waals surface area contributed by atoms with Crippen molar-refractivity contribution in [3.63, 3.8) is 0 Å². The van der Waals surface area contributed by atoms with Crippen LogP contribution >= 0.6 is 0 Å². The van der Waals surface area contributed by atoms with Crippen molar-refractivity contribution in [1.29, 1.82) is 0 Å². The minimum absolute atomic E-state index is 0.152. The Morgan fingerprint density at radius 3 is 2.65 bits per heavy atom. The van der Waals surface area contributed by atoms with Crippen molar-refractivity contribution in [2.75, 3.05) is 33.4 Å². The van der Waals surface area contributed by atoms with Gasteiger partial charge >= 0.3 is 0 Å². The molecule has 0 radical (unpaired) electrons. The minimum Gasteiger partial charge on any atom is -0.384 e. The molecule has 0 fully saturated rings. The SMILES string of the molecule is CCN(CCOC)S(=O)(=O)c1ccccc1C#CCO. The van der Waals surface area contributed by atoms with E-state index in [0.29, 0.717) is 18.7 Å². The topological polar surface area (TPSA) is 66.8 Å². The van der Waals surface area contributed by atoms with Crippen molar-refractivity contribution < 1.29 is 18.3 Å². The molecule has 0 atom stereocenters. The lowest BCUT2D eigenvalue weighted by Crippen LogP contribution is -2.34. The summed E-state index contributed by atoms with van der Waals surface area (Å²) in [7, 11) is -2.09. The Balaban J connectivity index is 3.20. The van der Waals surface area contributed by atoms with Crippen molar-refractivity contribution >= 4 is 10.0 Å². The van der Waals surface area contributed by atoms with Gasteiger partial charge in [-0.05, 0) is 12.1 Å². The quantitative estimate of drug-likeness (QED) is 0.785. The zero-order valence-electron chi connectivity index (χ0n) is 11.7. The van der Waals surface area contributed by atoms with E-state index in [1.54, 1.807) is 25.1 Å². The largest absolute Gasteiger partial charge is 0.384 e. The van der Waals surface area contributed by atoms with Crippen molar-refractivity contribution in [2.24, 2.45) is 0 Å². The first-order chi connectivity index (χ1) is 9.57. The van der Waals surface area contributed by atoms with E-state index in [1.165, 1.54) is 17.5 Å². The molecule has 0 aliphatic carbocycles. The first-order valence-electron chi connectivity index (χ1n) is 6.25. The number of aliphatic hydroxyl groups excluding tert-OH is 1. The molecule has 0 amide bonds. The van der Waals surface area contributed by atoms with Gasteiger partial charge in [-0.3, -0.25) is 0 Å². The van der Waals surface area contributed by atoms with Crippen LogP contribution in [0.5, 0.6) is 0 Å². The smallest absolute Gasteiger partial charge is 0.244 e. The zero-order chi connectivity index (χ0) is 15.0. The van der Waals surface area contributed by atoms with Gasteiger partial charge < -0.3 is 9.84 Å². The van der Waals surface area contributed by atoms with Crippen LogP contribution in [0, 0.1) is 11.8 Å². The molecule has 1 aromatic carbocycles. The van der Waals surface area contributed by atoms with Crippen molar-refractivity contribution in [2.45, 2.75) is 11.8 Å². The van der Waals surface area contributed by atoms with Crippen LogP contribution in [-0.4, -0.2) is 51.2 Å². The van der Waals surface area contributed by atoms with E-state index in [2.05, 4.69) is 11.8 Å². The number of likely N-dealkylation sites (N-methyl/N-ethyl adjacent to an activating group) is 1. The molecule has 6 heteroatoms. The van der Waals surface area contributed by atoms with Crippen LogP contribution in [-0.2, 0) is 14.8 Å². The molecule has 1 aromatic rings. The van der Waals surface area contributed by atoms with Crippen LogP contribution in [0.15, 0.2) is 29.2 Å². The fraction of sp³-hybridized carbons (Fsp3) is 0.429. The minimum atomic E-state index is -3.62. The van der Waals surface area contributed by atoms with Gasteiger partial charge in [0.25, 0.3) is 0 Å². The third-order valence-electron chi connectivity index (χ3n) is 2.70. The van der Waals surface area contributed by atoms with E-state index in [-0.39, 0.29) is 18.0 Å². The summed E-state index contributed by atoms with van der Waals surface area (Å²) in [6.07, 6.45) is 0. The lowest BCUT2D eigenvalue weighted by Gasteiger charge is -2.20. The number of aliphatic hydroxyl groups is 1. The summed E-state index contributed by atoms with van der Waals surface area (Å²) in [5, 5.41) is 8.74. The molecule has 0 aliphatic heterocycles. The summed E-state index contributed by atoms with van der Waals surface area (Å²) in [5.74, 6) is 5.14. The van der Waals surface area contributed by atoms with Crippen LogP contribution < -0.4 is 0 Å². The number of ether oxygens (including phenoxy) is 1. The summed E-state index contributed by atoms with van der Waals surface area (Å²) < 4.78 is 31.5. The Morgan fingerprint density at radius 1 is 1.35 bits per heavy atom.